The first-order chi connectivity index (χ1) is 8.18. The highest BCUT2D eigenvalue weighted by molar-refractivity contribution is 5.67. The van der Waals surface area contributed by atoms with Gasteiger partial charge in [0.1, 0.15) is 5.82 Å². The van der Waals surface area contributed by atoms with Crippen LogP contribution in [0.1, 0.15) is 18.5 Å². The minimum atomic E-state index is -0.406. The lowest BCUT2D eigenvalue weighted by molar-refractivity contribution is 0.632. The summed E-state index contributed by atoms with van der Waals surface area (Å²) in [6.07, 6.45) is 3.45. The lowest BCUT2D eigenvalue weighted by Gasteiger charge is -2.17. The fourth-order valence-electron chi connectivity index (χ4n) is 1.63. The van der Waals surface area contributed by atoms with Gasteiger partial charge in [-0.15, -0.1) is 0 Å². The van der Waals surface area contributed by atoms with Crippen LogP contribution < -0.4 is 11.1 Å². The number of nitrogens with two attached hydrogens (primary N) is 1. The highest BCUT2D eigenvalue weighted by Gasteiger charge is 2.08. The van der Waals surface area contributed by atoms with Gasteiger partial charge in [0.15, 0.2) is 0 Å². The number of nitrogens with one attached hydrogen (secondary N) is 1. The lowest BCUT2D eigenvalue weighted by atomic mass is 10.1. The van der Waals surface area contributed by atoms with E-state index in [2.05, 4.69) is 10.3 Å². The third-order valence-corrected chi connectivity index (χ3v) is 2.63. The van der Waals surface area contributed by atoms with Crippen molar-refractivity contribution in [3.63, 3.8) is 0 Å². The number of halogens is 1. The molecule has 0 aliphatic heterocycles. The quantitative estimate of drug-likeness (QED) is 0.798. The molecule has 17 heavy (non-hydrogen) atoms. The number of aromatic nitrogens is 1. The van der Waals surface area contributed by atoms with Crippen LogP contribution in [0.15, 0.2) is 42.7 Å². The smallest absolute Gasteiger partial charge is 0.148 e. The van der Waals surface area contributed by atoms with Crippen LogP contribution in [0.4, 0.5) is 15.8 Å². The van der Waals surface area contributed by atoms with Crippen molar-refractivity contribution in [1.82, 2.24) is 4.98 Å². The van der Waals surface area contributed by atoms with Crippen molar-refractivity contribution in [2.24, 2.45) is 0 Å². The lowest BCUT2D eigenvalue weighted by Crippen LogP contribution is -2.09. The van der Waals surface area contributed by atoms with E-state index in [1.807, 2.05) is 19.1 Å². The van der Waals surface area contributed by atoms with Crippen molar-refractivity contribution in [3.8, 4) is 0 Å². The molecule has 0 bridgehead atoms. The Hall–Kier alpha value is -2.10. The molecule has 2 rings (SSSR count). The number of para-hydroxylation sites is 1. The van der Waals surface area contributed by atoms with Gasteiger partial charge < -0.3 is 11.1 Å². The molecule has 0 amide bonds. The van der Waals surface area contributed by atoms with Gasteiger partial charge in [0.2, 0.25) is 0 Å². The Kier molecular flexibility index (Phi) is 3.23. The third-order valence-electron chi connectivity index (χ3n) is 2.63. The van der Waals surface area contributed by atoms with Crippen molar-refractivity contribution in [3.05, 3.63) is 54.1 Å². The molecule has 1 aromatic heterocycles. The second-order valence-corrected chi connectivity index (χ2v) is 3.85. The molecule has 0 radical (unpaired) electrons. The predicted molar refractivity (Wildman–Crippen MR) is 67.1 cm³/mol. The number of hydrogen-bond donors (Lipinski definition) is 2. The number of hydrogen-bond acceptors (Lipinski definition) is 3. The number of benzene rings is 1. The first-order valence-corrected chi connectivity index (χ1v) is 5.39. The first-order valence-electron chi connectivity index (χ1n) is 5.39. The van der Waals surface area contributed by atoms with E-state index in [9.17, 15) is 4.39 Å². The molecule has 88 valence electrons. The summed E-state index contributed by atoms with van der Waals surface area (Å²) >= 11 is 0. The number of pyridine rings is 1. The van der Waals surface area contributed by atoms with Crippen LogP contribution in [-0.2, 0) is 0 Å². The molecule has 0 aliphatic rings. The van der Waals surface area contributed by atoms with Crippen LogP contribution in [0.5, 0.6) is 0 Å². The van der Waals surface area contributed by atoms with Crippen molar-refractivity contribution >= 4 is 11.4 Å². The summed E-state index contributed by atoms with van der Waals surface area (Å²) in [5.41, 5.74) is 7.48. The minimum absolute atomic E-state index is 0.0436. The molecule has 4 heteroatoms. The zero-order chi connectivity index (χ0) is 12.3. The van der Waals surface area contributed by atoms with E-state index in [0.717, 1.165) is 5.56 Å². The summed E-state index contributed by atoms with van der Waals surface area (Å²) in [5, 5.41) is 3.17. The van der Waals surface area contributed by atoms with E-state index in [4.69, 9.17) is 5.73 Å². The SMILES string of the molecule is CC(Nc1cccc(F)c1N)c1ccncc1. The molecule has 3 N–H and O–H groups in total. The van der Waals surface area contributed by atoms with Gasteiger partial charge in [0.25, 0.3) is 0 Å². The summed E-state index contributed by atoms with van der Waals surface area (Å²) in [6.45, 7) is 1.99. The second-order valence-electron chi connectivity index (χ2n) is 3.85. The van der Waals surface area contributed by atoms with Crippen molar-refractivity contribution in [2.75, 3.05) is 11.1 Å². The summed E-state index contributed by atoms with van der Waals surface area (Å²) < 4.78 is 13.3. The van der Waals surface area contributed by atoms with E-state index in [1.165, 1.54) is 6.07 Å². The average Bonchev–Trinajstić information content (AvgIpc) is 2.36. The van der Waals surface area contributed by atoms with Gasteiger partial charge in [0.05, 0.1) is 11.4 Å². The molecule has 1 heterocycles. The van der Waals surface area contributed by atoms with E-state index in [0.29, 0.717) is 5.69 Å². The van der Waals surface area contributed by atoms with Crippen LogP contribution in [0.25, 0.3) is 0 Å². The van der Waals surface area contributed by atoms with Crippen molar-refractivity contribution in [1.29, 1.82) is 0 Å². The van der Waals surface area contributed by atoms with E-state index < -0.39 is 5.82 Å². The Bertz CT molecular complexity index is 499. The van der Waals surface area contributed by atoms with Crippen LogP contribution in [0.3, 0.4) is 0 Å². The normalized spacial score (nSPS) is 12.1. The Balaban J connectivity index is 2.19. The van der Waals surface area contributed by atoms with Crippen LogP contribution in [-0.4, -0.2) is 4.98 Å². The Morgan fingerprint density at radius 3 is 2.65 bits per heavy atom. The fraction of sp³-hybridized carbons (Fsp3) is 0.154. The maximum atomic E-state index is 13.3. The van der Waals surface area contributed by atoms with Crippen LogP contribution in [0, 0.1) is 5.82 Å². The summed E-state index contributed by atoms with van der Waals surface area (Å²) in [6, 6.07) is 8.60. The molecular formula is C13H14FN3. The molecule has 1 atom stereocenters. The largest absolute Gasteiger partial charge is 0.395 e. The van der Waals surface area contributed by atoms with Gasteiger partial charge in [0, 0.05) is 18.4 Å². The standard InChI is InChI=1S/C13H14FN3/c1-9(10-5-7-16-8-6-10)17-12-4-2-3-11(14)13(12)15/h2-9,17H,15H2,1H3. The number of anilines is 2. The van der Waals surface area contributed by atoms with Crippen LogP contribution in [0.2, 0.25) is 0 Å². The van der Waals surface area contributed by atoms with E-state index in [1.54, 1.807) is 24.5 Å². The maximum Gasteiger partial charge on any atom is 0.148 e. The molecule has 3 nitrogen and oxygen atoms in total. The molecule has 0 saturated heterocycles. The molecule has 1 unspecified atom stereocenters. The zero-order valence-electron chi connectivity index (χ0n) is 9.52. The molecular weight excluding hydrogens is 217 g/mol. The van der Waals surface area contributed by atoms with Gasteiger partial charge in [-0.2, -0.15) is 0 Å². The molecule has 0 fully saturated rings. The number of nitrogens with zero attached hydrogens (tertiary/aromatic N) is 1. The van der Waals surface area contributed by atoms with Crippen molar-refractivity contribution < 1.29 is 4.39 Å². The molecule has 0 aliphatic carbocycles. The fourth-order valence-corrected chi connectivity index (χ4v) is 1.63. The Morgan fingerprint density at radius 1 is 1.24 bits per heavy atom. The highest BCUT2D eigenvalue weighted by atomic mass is 19.1. The summed E-state index contributed by atoms with van der Waals surface area (Å²) in [7, 11) is 0. The van der Waals surface area contributed by atoms with Crippen LogP contribution >= 0.6 is 0 Å². The third kappa shape index (κ3) is 2.53. The predicted octanol–water partition coefficient (Wildman–Crippen LogP) is 2.98. The van der Waals surface area contributed by atoms with E-state index >= 15 is 0 Å². The van der Waals surface area contributed by atoms with Gasteiger partial charge in [-0.25, -0.2) is 4.39 Å². The maximum absolute atomic E-state index is 13.3. The molecule has 2 aromatic rings. The first kappa shape index (κ1) is 11.4. The number of nitrogen functional groups attached to an aromatic ring is 1. The topological polar surface area (TPSA) is 50.9 Å². The average molecular weight is 231 g/mol. The molecule has 0 saturated carbocycles. The summed E-state index contributed by atoms with van der Waals surface area (Å²) in [5.74, 6) is -0.406. The van der Waals surface area contributed by atoms with Gasteiger partial charge >= 0.3 is 0 Å². The van der Waals surface area contributed by atoms with Gasteiger partial charge in [-0.3, -0.25) is 4.98 Å². The van der Waals surface area contributed by atoms with Gasteiger partial charge in [-0.1, -0.05) is 6.07 Å². The molecule has 0 spiro atoms. The highest BCUT2D eigenvalue weighted by Crippen LogP contribution is 2.25. The summed E-state index contributed by atoms with van der Waals surface area (Å²) in [4.78, 5) is 3.95. The molecule has 1 aromatic carbocycles. The zero-order valence-corrected chi connectivity index (χ0v) is 9.52. The van der Waals surface area contributed by atoms with Crippen molar-refractivity contribution in [2.45, 2.75) is 13.0 Å². The minimum Gasteiger partial charge on any atom is -0.395 e. The van der Waals surface area contributed by atoms with Gasteiger partial charge in [-0.05, 0) is 36.8 Å². The number of rotatable bonds is 3. The monoisotopic (exact) mass is 231 g/mol. The Morgan fingerprint density at radius 2 is 1.94 bits per heavy atom. The Labute approximate surface area is 99.5 Å². The second kappa shape index (κ2) is 4.82. The van der Waals surface area contributed by atoms with E-state index in [-0.39, 0.29) is 11.7 Å².